The third-order valence-corrected chi connectivity index (χ3v) is 4.71. The van der Waals surface area contributed by atoms with Crippen LogP contribution in [0.5, 0.6) is 17.2 Å². The summed E-state index contributed by atoms with van der Waals surface area (Å²) in [5.74, 6) is 1.68. The van der Waals surface area contributed by atoms with Crippen LogP contribution in [0.3, 0.4) is 0 Å². The summed E-state index contributed by atoms with van der Waals surface area (Å²) in [4.78, 5) is 24.5. The van der Waals surface area contributed by atoms with Crippen LogP contribution < -0.4 is 25.1 Å². The summed E-state index contributed by atoms with van der Waals surface area (Å²) in [5, 5.41) is 7.14. The van der Waals surface area contributed by atoms with Crippen LogP contribution in [0.4, 0.5) is 0 Å². The zero-order valence-corrected chi connectivity index (χ0v) is 17.8. The number of aromatic nitrogens is 2. The molecule has 0 fully saturated rings. The van der Waals surface area contributed by atoms with Crippen LogP contribution in [0.1, 0.15) is 5.56 Å². The van der Waals surface area contributed by atoms with Gasteiger partial charge in [0.25, 0.3) is 5.56 Å². The lowest BCUT2D eigenvalue weighted by atomic mass is 10.1. The van der Waals surface area contributed by atoms with Crippen LogP contribution in [-0.2, 0) is 17.8 Å². The molecule has 0 aliphatic heterocycles. The van der Waals surface area contributed by atoms with Crippen molar-refractivity contribution in [3.8, 4) is 28.5 Å². The van der Waals surface area contributed by atoms with Crippen molar-refractivity contribution >= 4 is 5.91 Å². The van der Waals surface area contributed by atoms with E-state index in [9.17, 15) is 9.59 Å². The minimum absolute atomic E-state index is 0.164. The number of rotatable bonds is 9. The summed E-state index contributed by atoms with van der Waals surface area (Å²) < 4.78 is 16.9. The van der Waals surface area contributed by atoms with Gasteiger partial charge in [-0.2, -0.15) is 5.10 Å². The lowest BCUT2D eigenvalue weighted by molar-refractivity contribution is -0.121. The van der Waals surface area contributed by atoms with E-state index in [0.717, 1.165) is 15.8 Å². The Morgan fingerprint density at radius 3 is 2.52 bits per heavy atom. The highest BCUT2D eigenvalue weighted by Crippen LogP contribution is 2.27. The smallest absolute Gasteiger partial charge is 0.267 e. The van der Waals surface area contributed by atoms with Crippen LogP contribution in [0.2, 0.25) is 0 Å². The van der Waals surface area contributed by atoms with Crippen LogP contribution in [0.25, 0.3) is 11.3 Å². The summed E-state index contributed by atoms with van der Waals surface area (Å²) in [7, 11) is 4.74. The van der Waals surface area contributed by atoms with E-state index in [0.29, 0.717) is 35.9 Å². The highest BCUT2D eigenvalue weighted by Gasteiger charge is 2.09. The van der Waals surface area contributed by atoms with Gasteiger partial charge in [-0.1, -0.05) is 18.2 Å². The fourth-order valence-electron chi connectivity index (χ4n) is 3.07. The van der Waals surface area contributed by atoms with Crippen molar-refractivity contribution in [2.24, 2.45) is 0 Å². The van der Waals surface area contributed by atoms with Crippen molar-refractivity contribution < 1.29 is 19.0 Å². The number of carbonyl (C=O) groups excluding carboxylic acids is 1. The molecule has 3 rings (SSSR count). The number of benzene rings is 2. The van der Waals surface area contributed by atoms with Gasteiger partial charge >= 0.3 is 0 Å². The second-order valence-electron chi connectivity index (χ2n) is 6.74. The van der Waals surface area contributed by atoms with Crippen LogP contribution in [0, 0.1) is 0 Å². The molecule has 0 atom stereocenters. The Labute approximate surface area is 180 Å². The average molecular weight is 423 g/mol. The fraction of sp³-hybridized carbons (Fsp3) is 0.261. The molecule has 0 aliphatic rings. The fourth-order valence-corrected chi connectivity index (χ4v) is 3.07. The van der Waals surface area contributed by atoms with Crippen LogP contribution >= 0.6 is 0 Å². The average Bonchev–Trinajstić information content (AvgIpc) is 2.80. The third-order valence-electron chi connectivity index (χ3n) is 4.71. The third kappa shape index (κ3) is 5.63. The second kappa shape index (κ2) is 10.3. The van der Waals surface area contributed by atoms with Crippen molar-refractivity contribution in [3.63, 3.8) is 0 Å². The Morgan fingerprint density at radius 1 is 0.968 bits per heavy atom. The number of ether oxygens (including phenoxy) is 3. The molecule has 0 saturated heterocycles. The molecule has 1 aromatic heterocycles. The molecular formula is C23H25N3O5. The van der Waals surface area contributed by atoms with Gasteiger partial charge in [-0.15, -0.1) is 0 Å². The number of amides is 1. The lowest BCUT2D eigenvalue weighted by Gasteiger charge is -2.11. The summed E-state index contributed by atoms with van der Waals surface area (Å²) in [6.07, 6.45) is 0.609. The predicted octanol–water partition coefficient (Wildman–Crippen LogP) is 2.29. The van der Waals surface area contributed by atoms with Gasteiger partial charge in [-0.25, -0.2) is 4.68 Å². The Bertz CT molecular complexity index is 1110. The molecule has 0 radical (unpaired) electrons. The first-order valence-electron chi connectivity index (χ1n) is 9.74. The topological polar surface area (TPSA) is 91.7 Å². The summed E-state index contributed by atoms with van der Waals surface area (Å²) in [6.45, 7) is 0.251. The summed E-state index contributed by atoms with van der Waals surface area (Å²) >= 11 is 0. The molecule has 1 heterocycles. The molecule has 3 aromatic rings. The van der Waals surface area contributed by atoms with E-state index in [1.807, 2.05) is 42.5 Å². The Hall–Kier alpha value is -3.81. The van der Waals surface area contributed by atoms with Gasteiger partial charge in [0.2, 0.25) is 5.91 Å². The first-order valence-corrected chi connectivity index (χ1v) is 9.74. The van der Waals surface area contributed by atoms with Crippen molar-refractivity contribution in [2.75, 3.05) is 27.9 Å². The lowest BCUT2D eigenvalue weighted by Crippen LogP contribution is -2.34. The minimum Gasteiger partial charge on any atom is -0.497 e. The predicted molar refractivity (Wildman–Crippen MR) is 117 cm³/mol. The zero-order valence-electron chi connectivity index (χ0n) is 17.8. The van der Waals surface area contributed by atoms with E-state index < -0.39 is 0 Å². The number of nitrogens with zero attached hydrogens (tertiary/aromatic N) is 2. The number of methoxy groups -OCH3 is 3. The first kappa shape index (κ1) is 21.9. The highest BCUT2D eigenvalue weighted by atomic mass is 16.5. The Morgan fingerprint density at radius 2 is 1.77 bits per heavy atom. The Balaban J connectivity index is 1.62. The van der Waals surface area contributed by atoms with E-state index >= 15 is 0 Å². The molecule has 0 unspecified atom stereocenters. The van der Waals surface area contributed by atoms with Gasteiger partial charge in [-0.05, 0) is 42.3 Å². The van der Waals surface area contributed by atoms with Crippen molar-refractivity contribution in [1.82, 2.24) is 15.1 Å². The largest absolute Gasteiger partial charge is 0.497 e. The molecule has 31 heavy (non-hydrogen) atoms. The molecule has 0 bridgehead atoms. The molecule has 8 heteroatoms. The number of hydrogen-bond donors (Lipinski definition) is 1. The first-order chi connectivity index (χ1) is 15.0. The van der Waals surface area contributed by atoms with E-state index in [1.54, 1.807) is 27.4 Å². The molecule has 0 spiro atoms. The maximum atomic E-state index is 12.4. The van der Waals surface area contributed by atoms with E-state index in [-0.39, 0.29) is 18.0 Å². The SMILES string of the molecule is COc1cccc(-c2ccc(=O)n(CC(=O)NCCc3ccc(OC)c(OC)c3)n2)c1. The van der Waals surface area contributed by atoms with E-state index in [4.69, 9.17) is 14.2 Å². The number of nitrogens with one attached hydrogen (secondary N) is 1. The van der Waals surface area contributed by atoms with Crippen LogP contribution in [0.15, 0.2) is 59.4 Å². The van der Waals surface area contributed by atoms with Crippen molar-refractivity contribution in [2.45, 2.75) is 13.0 Å². The summed E-state index contributed by atoms with van der Waals surface area (Å²) in [5.41, 5.74) is 2.02. The van der Waals surface area contributed by atoms with Gasteiger partial charge in [0.1, 0.15) is 12.3 Å². The second-order valence-corrected chi connectivity index (χ2v) is 6.74. The molecule has 1 amide bonds. The monoisotopic (exact) mass is 423 g/mol. The van der Waals surface area contributed by atoms with E-state index in [2.05, 4.69) is 10.4 Å². The van der Waals surface area contributed by atoms with Gasteiger partial charge < -0.3 is 19.5 Å². The molecule has 2 aromatic carbocycles. The Kier molecular flexibility index (Phi) is 7.26. The standard InChI is InChI=1S/C23H25N3O5/c1-29-18-6-4-5-17(14-18)19-8-10-23(28)26(25-19)15-22(27)24-12-11-16-7-9-20(30-2)21(13-16)31-3/h4-10,13-14H,11-12,15H2,1-3H3,(H,24,27). The minimum atomic E-state index is -0.346. The molecular weight excluding hydrogens is 398 g/mol. The molecule has 0 aliphatic carbocycles. The zero-order chi connectivity index (χ0) is 22.2. The quantitative estimate of drug-likeness (QED) is 0.568. The van der Waals surface area contributed by atoms with E-state index in [1.165, 1.54) is 6.07 Å². The highest BCUT2D eigenvalue weighted by molar-refractivity contribution is 5.75. The van der Waals surface area contributed by atoms with Crippen molar-refractivity contribution in [1.29, 1.82) is 0 Å². The summed E-state index contributed by atoms with van der Waals surface area (Å²) in [6, 6.07) is 16.0. The number of carbonyl (C=O) groups is 1. The molecule has 1 N–H and O–H groups in total. The molecule has 162 valence electrons. The van der Waals surface area contributed by atoms with Gasteiger partial charge in [0.15, 0.2) is 11.5 Å². The maximum absolute atomic E-state index is 12.4. The van der Waals surface area contributed by atoms with Gasteiger partial charge in [0.05, 0.1) is 27.0 Å². The maximum Gasteiger partial charge on any atom is 0.267 e. The van der Waals surface area contributed by atoms with Gasteiger partial charge in [0, 0.05) is 18.2 Å². The number of hydrogen-bond acceptors (Lipinski definition) is 6. The van der Waals surface area contributed by atoms with Crippen LogP contribution in [-0.4, -0.2) is 43.6 Å². The molecule has 0 saturated carbocycles. The van der Waals surface area contributed by atoms with Crippen molar-refractivity contribution in [3.05, 3.63) is 70.5 Å². The molecule has 8 nitrogen and oxygen atoms in total. The normalized spacial score (nSPS) is 10.4. The van der Waals surface area contributed by atoms with Gasteiger partial charge in [-0.3, -0.25) is 9.59 Å².